The van der Waals surface area contributed by atoms with Gasteiger partial charge in [-0.2, -0.15) is 4.98 Å². The van der Waals surface area contributed by atoms with Crippen LogP contribution in [0, 0.1) is 0 Å². The summed E-state index contributed by atoms with van der Waals surface area (Å²) < 4.78 is 28.1. The molecule has 7 rings (SSSR count). The number of fused-ring (bicyclic) bond motifs is 1. The molecule has 1 aromatic heterocycles. The molecule has 2 fully saturated rings. The van der Waals surface area contributed by atoms with Crippen molar-refractivity contribution in [2.45, 2.75) is 43.4 Å². The van der Waals surface area contributed by atoms with Gasteiger partial charge in [0.05, 0.1) is 5.69 Å². The summed E-state index contributed by atoms with van der Waals surface area (Å²) in [6.07, 6.45) is 2.24. The first-order valence-electron chi connectivity index (χ1n) is 13.3. The summed E-state index contributed by atoms with van der Waals surface area (Å²) in [7, 11) is -2.17. The van der Waals surface area contributed by atoms with Crippen molar-refractivity contribution < 1.29 is 62.3 Å². The van der Waals surface area contributed by atoms with Gasteiger partial charge < -0.3 is 23.2 Å². The second-order valence-corrected chi connectivity index (χ2v) is 11.4. The van der Waals surface area contributed by atoms with Gasteiger partial charge in [-0.3, -0.25) is 24.6 Å². The molecule has 0 radical (unpaired) electrons. The topological polar surface area (TPSA) is 160 Å². The smallest absolute Gasteiger partial charge is 0.870 e. The summed E-state index contributed by atoms with van der Waals surface area (Å²) in [5.74, 6) is -0.747. The third-order valence-electron chi connectivity index (χ3n) is 8.21. The molecule has 0 bridgehead atoms. The van der Waals surface area contributed by atoms with E-state index < -0.39 is 22.7 Å². The first-order chi connectivity index (χ1) is 19.4. The van der Waals surface area contributed by atoms with Gasteiger partial charge in [-0.1, -0.05) is 40.5 Å². The monoisotopic (exact) mass is 597 g/mol. The number of hydrogen-bond acceptors (Lipinski definition) is 10. The number of carbonyl (C=O) groups excluding carboxylic acids is 3. The van der Waals surface area contributed by atoms with Crippen molar-refractivity contribution in [2.24, 2.45) is 0 Å². The SMILES string of the molecule is O=C1CCC(N2C(=O)c3cccc4c(C5CCN(c6nc7ccc(C[S-](=O)=O)cc7o6)CC5)ccc2c34)C(=O)N1.[Na+].[OH-]. The van der Waals surface area contributed by atoms with Crippen molar-refractivity contribution >= 4 is 62.0 Å². The van der Waals surface area contributed by atoms with Gasteiger partial charge in [0.2, 0.25) is 11.8 Å². The molecule has 212 valence electrons. The molecule has 1 atom stereocenters. The van der Waals surface area contributed by atoms with Crippen molar-refractivity contribution in [1.82, 2.24) is 10.3 Å². The summed E-state index contributed by atoms with van der Waals surface area (Å²) in [4.78, 5) is 46.0. The zero-order chi connectivity index (χ0) is 27.5. The van der Waals surface area contributed by atoms with Gasteiger partial charge in [0.15, 0.2) is 5.58 Å². The zero-order valence-corrected chi connectivity index (χ0v) is 25.7. The van der Waals surface area contributed by atoms with E-state index in [9.17, 15) is 22.8 Å². The Bertz CT molecular complexity index is 1800. The molecule has 1 unspecified atom stereocenters. The van der Waals surface area contributed by atoms with Crippen molar-refractivity contribution in [3.8, 4) is 0 Å². The van der Waals surface area contributed by atoms with Crippen LogP contribution in [0.4, 0.5) is 11.7 Å². The van der Waals surface area contributed by atoms with E-state index in [1.807, 2.05) is 18.2 Å². The Balaban J connectivity index is 0.00000176. The van der Waals surface area contributed by atoms with E-state index in [0.29, 0.717) is 34.7 Å². The maximum Gasteiger partial charge on any atom is 1.00 e. The molecule has 0 saturated carbocycles. The van der Waals surface area contributed by atoms with E-state index in [1.165, 1.54) is 5.56 Å². The normalized spacial score (nSPS) is 18.9. The quantitative estimate of drug-likeness (QED) is 0.199. The molecular weight excluding hydrogens is 571 g/mol. The maximum atomic E-state index is 13.4. The minimum absolute atomic E-state index is 0. The van der Waals surface area contributed by atoms with Crippen LogP contribution in [0.15, 0.2) is 52.9 Å². The van der Waals surface area contributed by atoms with Gasteiger partial charge in [0, 0.05) is 30.5 Å². The Hall–Kier alpha value is -3.29. The number of anilines is 2. The Morgan fingerprint density at radius 2 is 1.79 bits per heavy atom. The summed E-state index contributed by atoms with van der Waals surface area (Å²) in [5, 5.41) is 4.25. The minimum Gasteiger partial charge on any atom is -0.870 e. The summed E-state index contributed by atoms with van der Waals surface area (Å²) >= 11 is 0. The predicted octanol–water partition coefficient (Wildman–Crippen LogP) is 0.767. The van der Waals surface area contributed by atoms with Crippen LogP contribution in [0.2, 0.25) is 0 Å². The van der Waals surface area contributed by atoms with Crippen molar-refractivity contribution in [1.29, 1.82) is 0 Å². The summed E-state index contributed by atoms with van der Waals surface area (Å²) in [6, 6.07) is 14.8. The number of benzene rings is 3. The Labute approximate surface area is 264 Å². The number of rotatable bonds is 5. The van der Waals surface area contributed by atoms with Gasteiger partial charge >= 0.3 is 29.6 Å². The van der Waals surface area contributed by atoms with Crippen LogP contribution in [-0.4, -0.2) is 47.3 Å². The van der Waals surface area contributed by atoms with Gasteiger partial charge in [0.1, 0.15) is 11.6 Å². The fourth-order valence-electron chi connectivity index (χ4n) is 6.32. The molecule has 0 spiro atoms. The molecule has 3 amide bonds. The van der Waals surface area contributed by atoms with Crippen molar-refractivity contribution in [2.75, 3.05) is 22.9 Å². The molecular formula is C29H26N4NaO7S-. The van der Waals surface area contributed by atoms with Crippen LogP contribution in [0.3, 0.4) is 0 Å². The van der Waals surface area contributed by atoms with Crippen LogP contribution in [0.5, 0.6) is 0 Å². The molecule has 3 aromatic carbocycles. The van der Waals surface area contributed by atoms with Gasteiger partial charge in [-0.05, 0) is 66.1 Å². The first-order valence-corrected chi connectivity index (χ1v) is 14.5. The first kappa shape index (κ1) is 30.2. The molecule has 4 heterocycles. The zero-order valence-electron chi connectivity index (χ0n) is 22.9. The fraction of sp³-hybridized carbons (Fsp3) is 0.310. The maximum absolute atomic E-state index is 13.4. The van der Waals surface area contributed by atoms with Gasteiger partial charge in [-0.15, -0.1) is 0 Å². The number of piperidine rings is 2. The molecule has 42 heavy (non-hydrogen) atoms. The molecule has 0 aliphatic carbocycles. The number of hydrogen-bond donors (Lipinski definition) is 1. The summed E-state index contributed by atoms with van der Waals surface area (Å²) in [5.41, 5.74) is 4.39. The molecule has 2 N–H and O–H groups in total. The minimum atomic E-state index is -2.17. The van der Waals surface area contributed by atoms with E-state index in [2.05, 4.69) is 21.3 Å². The number of carbonyl (C=O) groups is 3. The van der Waals surface area contributed by atoms with E-state index in [4.69, 9.17) is 4.42 Å². The third kappa shape index (κ3) is 5.11. The third-order valence-corrected chi connectivity index (χ3v) is 8.78. The average molecular weight is 598 g/mol. The Morgan fingerprint density at radius 1 is 1.00 bits per heavy atom. The Kier molecular flexibility index (Phi) is 8.46. The molecule has 2 saturated heterocycles. The number of aromatic nitrogens is 1. The van der Waals surface area contributed by atoms with Crippen LogP contribution >= 0.6 is 0 Å². The largest absolute Gasteiger partial charge is 1.00 e. The molecule has 3 aliphatic heterocycles. The second-order valence-electron chi connectivity index (χ2n) is 10.6. The molecule has 3 aliphatic rings. The fourth-order valence-corrected chi connectivity index (χ4v) is 6.77. The van der Waals surface area contributed by atoms with Gasteiger partial charge in [-0.25, -0.2) is 0 Å². The van der Waals surface area contributed by atoms with E-state index in [0.717, 1.165) is 42.4 Å². The predicted molar refractivity (Wildman–Crippen MR) is 150 cm³/mol. The average Bonchev–Trinajstić information content (AvgIpc) is 3.49. The van der Waals surface area contributed by atoms with E-state index in [-0.39, 0.29) is 64.9 Å². The molecule has 11 nitrogen and oxygen atoms in total. The molecule has 13 heteroatoms. The van der Waals surface area contributed by atoms with E-state index >= 15 is 0 Å². The summed E-state index contributed by atoms with van der Waals surface area (Å²) in [6.45, 7) is 1.47. The number of oxazole rings is 1. The number of nitrogens with zero attached hydrogens (tertiary/aromatic N) is 3. The number of amides is 3. The van der Waals surface area contributed by atoms with Crippen LogP contribution < -0.4 is 44.7 Å². The second kappa shape index (κ2) is 11.8. The van der Waals surface area contributed by atoms with Crippen LogP contribution in [-0.2, 0) is 34.5 Å². The van der Waals surface area contributed by atoms with Crippen molar-refractivity contribution in [3.05, 3.63) is 65.2 Å². The van der Waals surface area contributed by atoms with E-state index in [1.54, 1.807) is 29.2 Å². The van der Waals surface area contributed by atoms with Gasteiger partial charge in [0.25, 0.3) is 11.9 Å². The standard InChI is InChI=1S/C29H25N4O6S.Na.H2O/c34-25-9-8-23(27(35)31-25)33-22-7-5-18(19-2-1-3-20(26(19)22)28(33)36)17-10-12-32(13-11-17)29-30-21-6-4-16(15-40(37)38)14-24(21)39-29;;/h1-7,14,17,23H,8-13,15H2,(H,31,34,35);;1H2/q-1;+1;/p-1. The van der Waals surface area contributed by atoms with Crippen LogP contribution in [0.1, 0.15) is 53.1 Å². The Morgan fingerprint density at radius 3 is 2.52 bits per heavy atom. The number of nitrogens with one attached hydrogen (secondary N) is 1. The molecule has 4 aromatic rings. The van der Waals surface area contributed by atoms with Crippen molar-refractivity contribution in [3.63, 3.8) is 0 Å². The van der Waals surface area contributed by atoms with Crippen LogP contribution in [0.25, 0.3) is 21.9 Å². The number of imide groups is 1.